The first-order valence-electron chi connectivity index (χ1n) is 7.96. The molecule has 24 heavy (non-hydrogen) atoms. The van der Waals surface area contributed by atoms with Crippen LogP contribution < -0.4 is 4.90 Å². The molecule has 6 nitrogen and oxygen atoms in total. The fourth-order valence-corrected chi connectivity index (χ4v) is 3.48. The number of aryl methyl sites for hydroxylation is 1. The molecule has 3 heterocycles. The number of benzene rings is 1. The molecule has 1 fully saturated rings. The van der Waals surface area contributed by atoms with Gasteiger partial charge >= 0.3 is 0 Å². The molecule has 0 unspecified atom stereocenters. The SMILES string of the molecule is Cc1ccc2oc(N3CCN(C(=O)Cc4cncs4)CC3)nc2c1. The molecule has 1 aromatic carbocycles. The molecule has 1 aliphatic rings. The summed E-state index contributed by atoms with van der Waals surface area (Å²) in [4.78, 5) is 25.9. The van der Waals surface area contributed by atoms with Gasteiger partial charge in [0.2, 0.25) is 5.91 Å². The Morgan fingerprint density at radius 2 is 2.12 bits per heavy atom. The van der Waals surface area contributed by atoms with Gasteiger partial charge in [0.15, 0.2) is 5.58 Å². The van der Waals surface area contributed by atoms with E-state index in [0.29, 0.717) is 25.5 Å². The Morgan fingerprint density at radius 1 is 1.29 bits per heavy atom. The van der Waals surface area contributed by atoms with E-state index in [4.69, 9.17) is 4.42 Å². The summed E-state index contributed by atoms with van der Waals surface area (Å²) in [7, 11) is 0. The van der Waals surface area contributed by atoms with Crippen LogP contribution in [0.1, 0.15) is 10.4 Å². The van der Waals surface area contributed by atoms with E-state index < -0.39 is 0 Å². The average Bonchev–Trinajstić information content (AvgIpc) is 3.24. The van der Waals surface area contributed by atoms with Crippen LogP contribution in [0, 0.1) is 6.92 Å². The summed E-state index contributed by atoms with van der Waals surface area (Å²) in [6.45, 7) is 4.90. The number of piperazine rings is 1. The Bertz CT molecular complexity index is 851. The fraction of sp³-hybridized carbons (Fsp3) is 0.353. The number of hydrogen-bond donors (Lipinski definition) is 0. The lowest BCUT2D eigenvalue weighted by atomic mass is 10.2. The van der Waals surface area contributed by atoms with Crippen molar-refractivity contribution in [3.63, 3.8) is 0 Å². The molecule has 1 amide bonds. The molecule has 124 valence electrons. The van der Waals surface area contributed by atoms with Crippen LogP contribution in [0.3, 0.4) is 0 Å². The van der Waals surface area contributed by atoms with Crippen molar-refractivity contribution >= 4 is 34.4 Å². The number of carbonyl (C=O) groups is 1. The van der Waals surface area contributed by atoms with Crippen molar-refractivity contribution in [2.75, 3.05) is 31.1 Å². The second-order valence-corrected chi connectivity index (χ2v) is 6.95. The van der Waals surface area contributed by atoms with Gasteiger partial charge in [0.1, 0.15) is 5.52 Å². The van der Waals surface area contributed by atoms with Crippen molar-refractivity contribution in [3.8, 4) is 0 Å². The molecule has 0 aliphatic carbocycles. The van der Waals surface area contributed by atoms with Crippen molar-refractivity contribution < 1.29 is 9.21 Å². The minimum absolute atomic E-state index is 0.159. The number of rotatable bonds is 3. The van der Waals surface area contributed by atoms with E-state index in [-0.39, 0.29) is 5.91 Å². The quantitative estimate of drug-likeness (QED) is 0.732. The van der Waals surface area contributed by atoms with E-state index in [0.717, 1.165) is 29.1 Å². The zero-order valence-electron chi connectivity index (χ0n) is 13.4. The van der Waals surface area contributed by atoms with Crippen LogP contribution in [0.4, 0.5) is 6.01 Å². The summed E-state index contributed by atoms with van der Waals surface area (Å²) in [5.41, 5.74) is 4.61. The summed E-state index contributed by atoms with van der Waals surface area (Å²) < 4.78 is 5.85. The third-order valence-corrected chi connectivity index (χ3v) is 5.02. The maximum atomic E-state index is 12.3. The van der Waals surface area contributed by atoms with Gasteiger partial charge in [-0.3, -0.25) is 9.78 Å². The number of fused-ring (bicyclic) bond motifs is 1. The smallest absolute Gasteiger partial charge is 0.298 e. The normalized spacial score (nSPS) is 15.2. The third kappa shape index (κ3) is 2.99. The van der Waals surface area contributed by atoms with Crippen molar-refractivity contribution in [2.24, 2.45) is 0 Å². The number of thiazole rings is 1. The molecule has 1 saturated heterocycles. The minimum Gasteiger partial charge on any atom is -0.423 e. The van der Waals surface area contributed by atoms with Crippen LogP contribution in [0.25, 0.3) is 11.1 Å². The summed E-state index contributed by atoms with van der Waals surface area (Å²) in [5, 5.41) is 0. The predicted octanol–water partition coefficient (Wildman–Crippen LogP) is 2.48. The van der Waals surface area contributed by atoms with E-state index in [1.807, 2.05) is 30.0 Å². The zero-order chi connectivity index (χ0) is 16.5. The average molecular weight is 342 g/mol. The van der Waals surface area contributed by atoms with E-state index in [1.54, 1.807) is 11.7 Å². The summed E-state index contributed by atoms with van der Waals surface area (Å²) in [5.74, 6) is 0.159. The Balaban J connectivity index is 1.40. The number of anilines is 1. The van der Waals surface area contributed by atoms with Gasteiger partial charge in [-0.05, 0) is 24.6 Å². The molecular formula is C17H18N4O2S. The first-order chi connectivity index (χ1) is 11.7. The van der Waals surface area contributed by atoms with Crippen LogP contribution in [0.5, 0.6) is 0 Å². The maximum absolute atomic E-state index is 12.3. The van der Waals surface area contributed by atoms with Crippen molar-refractivity contribution in [2.45, 2.75) is 13.3 Å². The lowest BCUT2D eigenvalue weighted by Crippen LogP contribution is -2.49. The number of hydrogen-bond acceptors (Lipinski definition) is 6. The third-order valence-electron chi connectivity index (χ3n) is 4.24. The number of oxazole rings is 1. The topological polar surface area (TPSA) is 62.5 Å². The van der Waals surface area contributed by atoms with Crippen molar-refractivity contribution in [1.29, 1.82) is 0 Å². The highest BCUT2D eigenvalue weighted by atomic mass is 32.1. The summed E-state index contributed by atoms with van der Waals surface area (Å²) >= 11 is 1.52. The molecular weight excluding hydrogens is 324 g/mol. The molecule has 0 atom stereocenters. The highest BCUT2D eigenvalue weighted by Gasteiger charge is 2.24. The second-order valence-electron chi connectivity index (χ2n) is 5.98. The monoisotopic (exact) mass is 342 g/mol. The molecule has 2 aromatic heterocycles. The number of aromatic nitrogens is 2. The first-order valence-corrected chi connectivity index (χ1v) is 8.84. The van der Waals surface area contributed by atoms with Crippen LogP contribution in [-0.2, 0) is 11.2 Å². The van der Waals surface area contributed by atoms with Gasteiger partial charge in [-0.1, -0.05) is 6.07 Å². The van der Waals surface area contributed by atoms with Gasteiger partial charge in [0.25, 0.3) is 6.01 Å². The van der Waals surface area contributed by atoms with Crippen LogP contribution in [0.2, 0.25) is 0 Å². The Hall–Kier alpha value is -2.41. The molecule has 7 heteroatoms. The summed E-state index contributed by atoms with van der Waals surface area (Å²) in [6, 6.07) is 6.64. The van der Waals surface area contributed by atoms with Crippen LogP contribution >= 0.6 is 11.3 Å². The second kappa shape index (κ2) is 6.24. The number of amides is 1. The number of carbonyl (C=O) groups excluding carboxylic acids is 1. The number of nitrogens with zero attached hydrogens (tertiary/aromatic N) is 4. The Kier molecular flexibility index (Phi) is 3.93. The molecule has 0 N–H and O–H groups in total. The zero-order valence-corrected chi connectivity index (χ0v) is 14.3. The predicted molar refractivity (Wildman–Crippen MR) is 93.4 cm³/mol. The Morgan fingerprint density at radius 3 is 2.88 bits per heavy atom. The van der Waals surface area contributed by atoms with Gasteiger partial charge in [0.05, 0.1) is 11.9 Å². The maximum Gasteiger partial charge on any atom is 0.298 e. The largest absolute Gasteiger partial charge is 0.423 e. The lowest BCUT2D eigenvalue weighted by molar-refractivity contribution is -0.130. The lowest BCUT2D eigenvalue weighted by Gasteiger charge is -2.33. The molecule has 0 radical (unpaired) electrons. The molecule has 4 rings (SSSR count). The van der Waals surface area contributed by atoms with Gasteiger partial charge in [-0.25, -0.2) is 0 Å². The molecule has 3 aromatic rings. The van der Waals surface area contributed by atoms with Crippen molar-refractivity contribution in [3.05, 3.63) is 40.3 Å². The molecule has 0 bridgehead atoms. The van der Waals surface area contributed by atoms with E-state index >= 15 is 0 Å². The Labute approximate surface area is 143 Å². The van der Waals surface area contributed by atoms with E-state index in [2.05, 4.69) is 14.9 Å². The van der Waals surface area contributed by atoms with E-state index in [9.17, 15) is 4.79 Å². The molecule has 0 saturated carbocycles. The fourth-order valence-electron chi connectivity index (χ4n) is 2.90. The van der Waals surface area contributed by atoms with Crippen molar-refractivity contribution in [1.82, 2.24) is 14.9 Å². The highest BCUT2D eigenvalue weighted by Crippen LogP contribution is 2.23. The highest BCUT2D eigenvalue weighted by molar-refractivity contribution is 7.09. The van der Waals surface area contributed by atoms with Gasteiger partial charge in [0, 0.05) is 37.3 Å². The van der Waals surface area contributed by atoms with Crippen LogP contribution in [0.15, 0.2) is 34.3 Å². The molecule has 0 spiro atoms. The summed E-state index contributed by atoms with van der Waals surface area (Å²) in [6.07, 6.45) is 2.20. The minimum atomic E-state index is 0.159. The van der Waals surface area contributed by atoms with Crippen LogP contribution in [-0.4, -0.2) is 47.0 Å². The standard InChI is InChI=1S/C17H18N4O2S/c1-12-2-3-15-14(8-12)19-17(23-15)21-6-4-20(5-7-21)16(22)9-13-10-18-11-24-13/h2-3,8,10-11H,4-7,9H2,1H3. The van der Waals surface area contributed by atoms with Gasteiger partial charge in [-0.2, -0.15) is 4.98 Å². The molecule has 1 aliphatic heterocycles. The van der Waals surface area contributed by atoms with Gasteiger partial charge in [-0.15, -0.1) is 11.3 Å². The first kappa shape index (κ1) is 15.1. The van der Waals surface area contributed by atoms with Gasteiger partial charge < -0.3 is 14.2 Å². The van der Waals surface area contributed by atoms with E-state index in [1.165, 1.54) is 16.9 Å².